The van der Waals surface area contributed by atoms with Gasteiger partial charge < -0.3 is 15.4 Å². The Hall–Kier alpha value is -1.99. The number of amides is 2. The highest BCUT2D eigenvalue weighted by Gasteiger charge is 2.12. The molecule has 0 aliphatic carbocycles. The quantitative estimate of drug-likeness (QED) is 0.787. The third-order valence-corrected chi connectivity index (χ3v) is 3.83. The van der Waals surface area contributed by atoms with Gasteiger partial charge in [0.25, 0.3) is 0 Å². The van der Waals surface area contributed by atoms with Crippen molar-refractivity contribution in [2.24, 2.45) is 0 Å². The average molecular weight is 337 g/mol. The first-order valence-corrected chi connectivity index (χ1v) is 8.17. The number of hydrogen-bond donors (Lipinski definition) is 2. The second-order valence-electron chi connectivity index (χ2n) is 5.84. The van der Waals surface area contributed by atoms with Crippen LogP contribution in [-0.2, 0) is 14.3 Å². The van der Waals surface area contributed by atoms with E-state index in [1.165, 1.54) is 6.07 Å². The fourth-order valence-corrected chi connectivity index (χ4v) is 2.44. The summed E-state index contributed by atoms with van der Waals surface area (Å²) in [6, 6.07) is 4.51. The number of carbonyl (C=O) groups is 2. The number of halogens is 1. The molecule has 2 rings (SSSR count). The predicted octanol–water partition coefficient (Wildman–Crippen LogP) is 1.30. The van der Waals surface area contributed by atoms with E-state index in [1.807, 2.05) is 6.92 Å². The Morgan fingerprint density at radius 1 is 1.21 bits per heavy atom. The molecule has 0 spiro atoms. The summed E-state index contributed by atoms with van der Waals surface area (Å²) in [5, 5.41) is 5.29. The predicted molar refractivity (Wildman–Crippen MR) is 89.3 cm³/mol. The topological polar surface area (TPSA) is 70.7 Å². The Labute approximate surface area is 141 Å². The van der Waals surface area contributed by atoms with E-state index in [4.69, 9.17) is 4.74 Å². The van der Waals surface area contributed by atoms with Crippen LogP contribution in [0.15, 0.2) is 18.2 Å². The van der Waals surface area contributed by atoms with E-state index in [0.29, 0.717) is 6.54 Å². The van der Waals surface area contributed by atoms with Crippen molar-refractivity contribution in [3.63, 3.8) is 0 Å². The number of anilines is 1. The van der Waals surface area contributed by atoms with Crippen molar-refractivity contribution in [1.82, 2.24) is 10.2 Å². The maximum atomic E-state index is 13.6. The molecule has 0 aromatic heterocycles. The second kappa shape index (κ2) is 9.34. The van der Waals surface area contributed by atoms with Crippen LogP contribution in [0.1, 0.15) is 18.4 Å². The molecule has 1 aliphatic rings. The molecule has 24 heavy (non-hydrogen) atoms. The summed E-state index contributed by atoms with van der Waals surface area (Å²) in [5.74, 6) is -1.03. The van der Waals surface area contributed by atoms with Gasteiger partial charge >= 0.3 is 0 Å². The monoisotopic (exact) mass is 337 g/mol. The summed E-state index contributed by atoms with van der Waals surface area (Å²) in [6.45, 7) is 6.34. The highest BCUT2D eigenvalue weighted by Crippen LogP contribution is 2.15. The van der Waals surface area contributed by atoms with Gasteiger partial charge in [-0.05, 0) is 24.6 Å². The highest BCUT2D eigenvalue weighted by atomic mass is 19.1. The zero-order chi connectivity index (χ0) is 17.4. The first-order chi connectivity index (χ1) is 11.5. The molecule has 1 aromatic rings. The normalized spacial score (nSPS) is 15.1. The molecule has 2 amide bonds. The Morgan fingerprint density at radius 2 is 1.92 bits per heavy atom. The summed E-state index contributed by atoms with van der Waals surface area (Å²) in [5.41, 5.74) is 1.00. The molecule has 6 nitrogen and oxygen atoms in total. The summed E-state index contributed by atoms with van der Waals surface area (Å²) in [4.78, 5) is 25.8. The fraction of sp³-hybridized carbons (Fsp3) is 0.529. The summed E-state index contributed by atoms with van der Waals surface area (Å²) in [7, 11) is 0. The van der Waals surface area contributed by atoms with E-state index < -0.39 is 5.82 Å². The number of benzene rings is 1. The van der Waals surface area contributed by atoms with Gasteiger partial charge in [-0.1, -0.05) is 6.07 Å². The van der Waals surface area contributed by atoms with Crippen molar-refractivity contribution in [3.8, 4) is 0 Å². The van der Waals surface area contributed by atoms with E-state index in [-0.39, 0.29) is 30.3 Å². The van der Waals surface area contributed by atoms with Crippen LogP contribution in [0.3, 0.4) is 0 Å². The van der Waals surface area contributed by atoms with E-state index in [2.05, 4.69) is 15.5 Å². The van der Waals surface area contributed by atoms with E-state index in [0.717, 1.165) is 38.4 Å². The minimum Gasteiger partial charge on any atom is -0.379 e. The van der Waals surface area contributed by atoms with Crippen LogP contribution in [0, 0.1) is 12.7 Å². The van der Waals surface area contributed by atoms with Crippen LogP contribution < -0.4 is 10.6 Å². The SMILES string of the molecule is Cc1ccc(F)c(NC(=O)CCC(=O)NCCN2CCOCC2)c1. The highest BCUT2D eigenvalue weighted by molar-refractivity contribution is 5.93. The van der Waals surface area contributed by atoms with Crippen molar-refractivity contribution in [3.05, 3.63) is 29.6 Å². The molecule has 1 aliphatic heterocycles. The number of hydrogen-bond acceptors (Lipinski definition) is 4. The molecular formula is C17H24FN3O3. The first-order valence-electron chi connectivity index (χ1n) is 8.17. The van der Waals surface area contributed by atoms with Gasteiger partial charge in [-0.25, -0.2) is 4.39 Å². The molecule has 0 saturated carbocycles. The molecule has 1 heterocycles. The Morgan fingerprint density at radius 3 is 2.67 bits per heavy atom. The lowest BCUT2D eigenvalue weighted by Crippen LogP contribution is -2.41. The van der Waals surface area contributed by atoms with E-state index in [1.54, 1.807) is 12.1 Å². The molecule has 0 bridgehead atoms. The zero-order valence-corrected chi connectivity index (χ0v) is 13.9. The molecule has 7 heteroatoms. The molecular weight excluding hydrogens is 313 g/mol. The number of morpholine rings is 1. The third kappa shape index (κ3) is 6.25. The fourth-order valence-electron chi connectivity index (χ4n) is 2.44. The van der Waals surface area contributed by atoms with Crippen LogP contribution in [0.2, 0.25) is 0 Å². The van der Waals surface area contributed by atoms with Gasteiger partial charge in [0.15, 0.2) is 0 Å². The lowest BCUT2D eigenvalue weighted by atomic mass is 10.2. The zero-order valence-electron chi connectivity index (χ0n) is 13.9. The van der Waals surface area contributed by atoms with E-state index in [9.17, 15) is 14.0 Å². The number of nitrogens with one attached hydrogen (secondary N) is 2. The largest absolute Gasteiger partial charge is 0.379 e. The van der Waals surface area contributed by atoms with Crippen molar-refractivity contribution in [1.29, 1.82) is 0 Å². The van der Waals surface area contributed by atoms with Crippen LogP contribution in [0.25, 0.3) is 0 Å². The molecule has 132 valence electrons. The van der Waals surface area contributed by atoms with Gasteiger partial charge in [0.2, 0.25) is 11.8 Å². The van der Waals surface area contributed by atoms with Crippen molar-refractivity contribution >= 4 is 17.5 Å². The standard InChI is InChI=1S/C17H24FN3O3/c1-13-2-3-14(18)15(12-13)20-17(23)5-4-16(22)19-6-7-21-8-10-24-11-9-21/h2-3,12H,4-11H2,1H3,(H,19,22)(H,20,23). The van der Waals surface area contributed by atoms with Crippen molar-refractivity contribution < 1.29 is 18.7 Å². The second-order valence-corrected chi connectivity index (χ2v) is 5.84. The van der Waals surface area contributed by atoms with Gasteiger partial charge in [0.1, 0.15) is 5.82 Å². The molecule has 1 aromatic carbocycles. The maximum Gasteiger partial charge on any atom is 0.224 e. The maximum absolute atomic E-state index is 13.6. The van der Waals surface area contributed by atoms with Gasteiger partial charge in [-0.3, -0.25) is 14.5 Å². The number of ether oxygens (including phenoxy) is 1. The number of rotatable bonds is 7. The Kier molecular flexibility index (Phi) is 7.14. The molecule has 0 unspecified atom stereocenters. The Bertz CT molecular complexity index is 574. The van der Waals surface area contributed by atoms with Gasteiger partial charge in [0.05, 0.1) is 18.9 Å². The minimum absolute atomic E-state index is 0.0246. The van der Waals surface area contributed by atoms with Gasteiger partial charge in [-0.2, -0.15) is 0 Å². The smallest absolute Gasteiger partial charge is 0.224 e. The molecule has 2 N–H and O–H groups in total. The lowest BCUT2D eigenvalue weighted by molar-refractivity contribution is -0.124. The van der Waals surface area contributed by atoms with Crippen molar-refractivity contribution in [2.75, 3.05) is 44.7 Å². The Balaban J connectivity index is 1.63. The summed E-state index contributed by atoms with van der Waals surface area (Å²) in [6.07, 6.45) is 0.110. The number of nitrogens with zero attached hydrogens (tertiary/aromatic N) is 1. The van der Waals surface area contributed by atoms with Crippen LogP contribution >= 0.6 is 0 Å². The van der Waals surface area contributed by atoms with E-state index >= 15 is 0 Å². The molecule has 1 saturated heterocycles. The molecule has 0 atom stereocenters. The number of aryl methyl sites for hydroxylation is 1. The third-order valence-electron chi connectivity index (χ3n) is 3.83. The summed E-state index contributed by atoms with van der Waals surface area (Å²) < 4.78 is 18.8. The minimum atomic E-state index is -0.482. The summed E-state index contributed by atoms with van der Waals surface area (Å²) >= 11 is 0. The first kappa shape index (κ1) is 18.4. The molecule has 1 fully saturated rings. The average Bonchev–Trinajstić information content (AvgIpc) is 2.57. The van der Waals surface area contributed by atoms with Crippen LogP contribution in [-0.4, -0.2) is 56.1 Å². The van der Waals surface area contributed by atoms with Crippen LogP contribution in [0.5, 0.6) is 0 Å². The lowest BCUT2D eigenvalue weighted by Gasteiger charge is -2.26. The van der Waals surface area contributed by atoms with Gasteiger partial charge in [-0.15, -0.1) is 0 Å². The van der Waals surface area contributed by atoms with Crippen LogP contribution in [0.4, 0.5) is 10.1 Å². The molecule has 0 radical (unpaired) electrons. The number of carbonyl (C=O) groups excluding carboxylic acids is 2. The van der Waals surface area contributed by atoms with Crippen molar-refractivity contribution in [2.45, 2.75) is 19.8 Å². The van der Waals surface area contributed by atoms with Gasteiger partial charge in [0, 0.05) is 39.0 Å².